The number of rotatable bonds is 6. The lowest BCUT2D eigenvalue weighted by molar-refractivity contribution is -0.119. The predicted molar refractivity (Wildman–Crippen MR) is 89.5 cm³/mol. The SMILES string of the molecule is CC[C@@H](C)c1ccccc1NC(=O)COC(=O)c1cccn1C. The number of nitrogens with one attached hydrogen (secondary N) is 1. The number of hydrogen-bond acceptors (Lipinski definition) is 3. The van der Waals surface area contributed by atoms with E-state index in [0.29, 0.717) is 11.6 Å². The normalized spacial score (nSPS) is 11.8. The average molecular weight is 314 g/mol. The Morgan fingerprint density at radius 1 is 1.22 bits per heavy atom. The molecule has 0 spiro atoms. The Labute approximate surface area is 136 Å². The van der Waals surface area contributed by atoms with E-state index in [4.69, 9.17) is 4.74 Å². The number of carbonyl (C=O) groups is 2. The fourth-order valence-corrected chi connectivity index (χ4v) is 2.32. The Hall–Kier alpha value is -2.56. The second-order valence-electron chi connectivity index (χ2n) is 5.53. The van der Waals surface area contributed by atoms with Crippen LogP contribution in [0, 0.1) is 0 Å². The van der Waals surface area contributed by atoms with Gasteiger partial charge in [-0.1, -0.05) is 32.0 Å². The van der Waals surface area contributed by atoms with Crippen LogP contribution in [0.1, 0.15) is 42.2 Å². The molecule has 1 atom stereocenters. The maximum absolute atomic E-state index is 12.0. The summed E-state index contributed by atoms with van der Waals surface area (Å²) in [4.78, 5) is 23.9. The Balaban J connectivity index is 1.95. The van der Waals surface area contributed by atoms with Crippen molar-refractivity contribution in [1.82, 2.24) is 4.57 Å². The summed E-state index contributed by atoms with van der Waals surface area (Å²) in [5, 5.41) is 2.82. The van der Waals surface area contributed by atoms with Crippen molar-refractivity contribution in [1.29, 1.82) is 0 Å². The van der Waals surface area contributed by atoms with Gasteiger partial charge in [0.1, 0.15) is 5.69 Å². The van der Waals surface area contributed by atoms with Crippen molar-refractivity contribution in [2.45, 2.75) is 26.2 Å². The molecule has 0 aliphatic carbocycles. The van der Waals surface area contributed by atoms with Gasteiger partial charge < -0.3 is 14.6 Å². The summed E-state index contributed by atoms with van der Waals surface area (Å²) in [6.45, 7) is 3.91. The Morgan fingerprint density at radius 3 is 2.61 bits per heavy atom. The largest absolute Gasteiger partial charge is 0.451 e. The van der Waals surface area contributed by atoms with Crippen molar-refractivity contribution in [3.8, 4) is 0 Å². The van der Waals surface area contributed by atoms with Gasteiger partial charge in [-0.05, 0) is 36.1 Å². The van der Waals surface area contributed by atoms with Crippen LogP contribution in [-0.2, 0) is 16.6 Å². The molecule has 0 radical (unpaired) electrons. The van der Waals surface area contributed by atoms with Crippen LogP contribution in [0.15, 0.2) is 42.6 Å². The summed E-state index contributed by atoms with van der Waals surface area (Å²) >= 11 is 0. The van der Waals surface area contributed by atoms with E-state index in [1.807, 2.05) is 24.3 Å². The third kappa shape index (κ3) is 4.22. The van der Waals surface area contributed by atoms with Gasteiger partial charge in [-0.25, -0.2) is 4.79 Å². The van der Waals surface area contributed by atoms with Crippen LogP contribution in [0.3, 0.4) is 0 Å². The molecule has 0 aliphatic rings. The van der Waals surface area contributed by atoms with Gasteiger partial charge in [-0.3, -0.25) is 4.79 Å². The monoisotopic (exact) mass is 314 g/mol. The average Bonchev–Trinajstić information content (AvgIpc) is 2.98. The summed E-state index contributed by atoms with van der Waals surface area (Å²) < 4.78 is 6.71. The first-order valence-electron chi connectivity index (χ1n) is 7.70. The van der Waals surface area contributed by atoms with Crippen molar-refractivity contribution in [3.63, 3.8) is 0 Å². The number of aromatic nitrogens is 1. The molecule has 5 nitrogen and oxygen atoms in total. The van der Waals surface area contributed by atoms with Gasteiger partial charge in [0.15, 0.2) is 6.61 Å². The quantitative estimate of drug-likeness (QED) is 0.832. The lowest BCUT2D eigenvalue weighted by Crippen LogP contribution is -2.22. The van der Waals surface area contributed by atoms with E-state index in [9.17, 15) is 9.59 Å². The van der Waals surface area contributed by atoms with Crippen LogP contribution in [-0.4, -0.2) is 23.1 Å². The van der Waals surface area contributed by atoms with Gasteiger partial charge in [0.2, 0.25) is 0 Å². The van der Waals surface area contributed by atoms with Crippen LogP contribution in [0.4, 0.5) is 5.69 Å². The molecule has 0 saturated carbocycles. The molecular formula is C18H22N2O3. The molecule has 1 heterocycles. The molecule has 0 saturated heterocycles. The van der Waals surface area contributed by atoms with E-state index in [-0.39, 0.29) is 12.5 Å². The fourth-order valence-electron chi connectivity index (χ4n) is 2.32. The molecule has 1 amide bonds. The molecule has 0 fully saturated rings. The first-order chi connectivity index (χ1) is 11.0. The lowest BCUT2D eigenvalue weighted by atomic mass is 9.97. The fraction of sp³-hybridized carbons (Fsp3) is 0.333. The highest BCUT2D eigenvalue weighted by molar-refractivity contribution is 5.95. The minimum Gasteiger partial charge on any atom is -0.451 e. The van der Waals surface area contributed by atoms with Gasteiger partial charge in [-0.2, -0.15) is 0 Å². The molecule has 0 bridgehead atoms. The summed E-state index contributed by atoms with van der Waals surface area (Å²) in [7, 11) is 1.75. The maximum Gasteiger partial charge on any atom is 0.355 e. The molecule has 122 valence electrons. The molecular weight excluding hydrogens is 292 g/mol. The molecule has 2 aromatic rings. The topological polar surface area (TPSA) is 60.3 Å². The third-order valence-electron chi connectivity index (χ3n) is 3.87. The van der Waals surface area contributed by atoms with E-state index >= 15 is 0 Å². The van der Waals surface area contributed by atoms with Crippen LogP contribution in [0.2, 0.25) is 0 Å². The summed E-state index contributed by atoms with van der Waals surface area (Å²) in [6, 6.07) is 11.1. The maximum atomic E-state index is 12.0. The predicted octanol–water partition coefficient (Wildman–Crippen LogP) is 3.33. The standard InChI is InChI=1S/C18H22N2O3/c1-4-13(2)14-8-5-6-9-15(14)19-17(21)12-23-18(22)16-10-7-11-20(16)3/h5-11,13H,4,12H2,1-3H3,(H,19,21)/t13-/m1/s1. The highest BCUT2D eigenvalue weighted by Gasteiger charge is 2.14. The van der Waals surface area contributed by atoms with Crippen molar-refractivity contribution in [2.75, 3.05) is 11.9 Å². The van der Waals surface area contributed by atoms with Crippen molar-refractivity contribution in [2.24, 2.45) is 7.05 Å². The molecule has 5 heteroatoms. The minimum absolute atomic E-state index is 0.307. The number of hydrogen-bond donors (Lipinski definition) is 1. The van der Waals surface area contributed by atoms with Gasteiger partial charge in [0.25, 0.3) is 5.91 Å². The van der Waals surface area contributed by atoms with Crippen molar-refractivity contribution < 1.29 is 14.3 Å². The second kappa shape index (κ2) is 7.63. The third-order valence-corrected chi connectivity index (χ3v) is 3.87. The molecule has 0 unspecified atom stereocenters. The Bertz CT molecular complexity index is 691. The van der Waals surface area contributed by atoms with Gasteiger partial charge in [0, 0.05) is 18.9 Å². The van der Waals surface area contributed by atoms with Crippen LogP contribution < -0.4 is 5.32 Å². The zero-order valence-corrected chi connectivity index (χ0v) is 13.7. The molecule has 23 heavy (non-hydrogen) atoms. The smallest absolute Gasteiger partial charge is 0.355 e. The highest BCUT2D eigenvalue weighted by Crippen LogP contribution is 2.26. The van der Waals surface area contributed by atoms with Crippen LogP contribution >= 0.6 is 0 Å². The number of ether oxygens (including phenoxy) is 1. The number of nitrogens with zero attached hydrogens (tertiary/aromatic N) is 1. The van der Waals surface area contributed by atoms with Crippen molar-refractivity contribution in [3.05, 3.63) is 53.9 Å². The number of carbonyl (C=O) groups excluding carboxylic acids is 2. The second-order valence-corrected chi connectivity index (χ2v) is 5.53. The molecule has 1 aromatic carbocycles. The summed E-state index contributed by atoms with van der Waals surface area (Å²) in [5.74, 6) is -0.511. The number of amides is 1. The minimum atomic E-state index is -0.511. The Kier molecular flexibility index (Phi) is 5.57. The van der Waals surface area contributed by atoms with Crippen molar-refractivity contribution >= 4 is 17.6 Å². The van der Waals surface area contributed by atoms with E-state index < -0.39 is 5.97 Å². The number of esters is 1. The van der Waals surface area contributed by atoms with E-state index in [2.05, 4.69) is 19.2 Å². The number of benzene rings is 1. The van der Waals surface area contributed by atoms with Gasteiger partial charge in [0.05, 0.1) is 0 Å². The van der Waals surface area contributed by atoms with E-state index in [1.54, 1.807) is 29.9 Å². The Morgan fingerprint density at radius 2 is 1.96 bits per heavy atom. The van der Waals surface area contributed by atoms with E-state index in [1.165, 1.54) is 0 Å². The van der Waals surface area contributed by atoms with Gasteiger partial charge in [-0.15, -0.1) is 0 Å². The van der Waals surface area contributed by atoms with Crippen LogP contribution in [0.5, 0.6) is 0 Å². The van der Waals surface area contributed by atoms with E-state index in [0.717, 1.165) is 17.7 Å². The number of anilines is 1. The summed E-state index contributed by atoms with van der Waals surface area (Å²) in [6.07, 6.45) is 2.73. The highest BCUT2D eigenvalue weighted by atomic mass is 16.5. The molecule has 0 aliphatic heterocycles. The van der Waals surface area contributed by atoms with Crippen LogP contribution in [0.25, 0.3) is 0 Å². The summed E-state index contributed by atoms with van der Waals surface area (Å²) in [5.41, 5.74) is 2.26. The molecule has 1 N–H and O–H groups in total. The molecule has 1 aromatic heterocycles. The van der Waals surface area contributed by atoms with Gasteiger partial charge >= 0.3 is 5.97 Å². The first-order valence-corrected chi connectivity index (χ1v) is 7.70. The zero-order valence-electron chi connectivity index (χ0n) is 13.7. The lowest BCUT2D eigenvalue weighted by Gasteiger charge is -2.15. The first kappa shape index (κ1) is 16.8. The zero-order chi connectivity index (χ0) is 16.8. The number of para-hydroxylation sites is 1. The molecule has 2 rings (SSSR count). The number of aryl methyl sites for hydroxylation is 1.